The fraction of sp³-hybridized carbons (Fsp3) is 0.684. The molecule has 0 spiro atoms. The monoisotopic (exact) mass is 367 g/mol. The first-order valence-electron chi connectivity index (χ1n) is 9.14. The molecule has 1 unspecified atom stereocenters. The molecular weight excluding hydrogens is 338 g/mol. The van der Waals surface area contributed by atoms with E-state index < -0.39 is 12.2 Å². The first-order chi connectivity index (χ1) is 12.0. The number of unbranched alkanes of at least 4 members (excludes halogenated alkanes) is 2. The van der Waals surface area contributed by atoms with Gasteiger partial charge in [0.25, 0.3) is 0 Å². The van der Waals surface area contributed by atoms with Crippen LogP contribution < -0.4 is 0 Å². The van der Waals surface area contributed by atoms with Crippen LogP contribution in [0.5, 0.6) is 0 Å². The van der Waals surface area contributed by atoms with Gasteiger partial charge in [0.05, 0.1) is 30.0 Å². The van der Waals surface area contributed by atoms with Gasteiger partial charge in [-0.3, -0.25) is 4.79 Å². The second-order valence-electron chi connectivity index (χ2n) is 6.59. The van der Waals surface area contributed by atoms with E-state index in [1.165, 1.54) is 7.11 Å². The van der Waals surface area contributed by atoms with Crippen LogP contribution in [-0.4, -0.2) is 40.5 Å². The van der Waals surface area contributed by atoms with Gasteiger partial charge in [0.1, 0.15) is 0 Å². The van der Waals surface area contributed by atoms with Crippen molar-refractivity contribution in [1.82, 2.24) is 4.98 Å². The number of methoxy groups -OCH3 is 1. The van der Waals surface area contributed by atoms with Crippen LogP contribution in [-0.2, 0) is 22.4 Å². The number of fused-ring (bicyclic) bond motifs is 1. The Labute approximate surface area is 153 Å². The summed E-state index contributed by atoms with van der Waals surface area (Å²) in [7, 11) is 1.40. The summed E-state index contributed by atoms with van der Waals surface area (Å²) in [6.45, 7) is 2.14. The van der Waals surface area contributed by atoms with Crippen LogP contribution >= 0.6 is 11.3 Å². The summed E-state index contributed by atoms with van der Waals surface area (Å²) >= 11 is 1.61. The van der Waals surface area contributed by atoms with Crippen molar-refractivity contribution in [2.75, 3.05) is 7.11 Å². The maximum absolute atomic E-state index is 11.2. The average molecular weight is 368 g/mol. The molecule has 0 saturated carbocycles. The quantitative estimate of drug-likeness (QED) is 0.377. The molecule has 140 valence electrons. The smallest absolute Gasteiger partial charge is 0.305 e. The summed E-state index contributed by atoms with van der Waals surface area (Å²) in [6, 6.07) is 0. The van der Waals surface area contributed by atoms with Gasteiger partial charge < -0.3 is 14.9 Å². The molecule has 1 aliphatic carbocycles. The van der Waals surface area contributed by atoms with E-state index in [1.807, 2.05) is 12.2 Å². The van der Waals surface area contributed by atoms with Crippen molar-refractivity contribution < 1.29 is 19.7 Å². The number of hydrogen-bond donors (Lipinski definition) is 2. The number of aliphatic hydroxyl groups excluding tert-OH is 2. The van der Waals surface area contributed by atoms with Gasteiger partial charge in [0, 0.05) is 23.6 Å². The molecule has 1 aliphatic rings. The van der Waals surface area contributed by atoms with Crippen molar-refractivity contribution in [3.63, 3.8) is 0 Å². The lowest BCUT2D eigenvalue weighted by molar-refractivity contribution is -0.140. The summed E-state index contributed by atoms with van der Waals surface area (Å²) in [6.07, 6.45) is 9.32. The van der Waals surface area contributed by atoms with E-state index in [1.54, 1.807) is 11.3 Å². The van der Waals surface area contributed by atoms with Crippen molar-refractivity contribution in [2.24, 2.45) is 0 Å². The SMILES string of the molecule is CCCCCC(O)/C=C/[C@@H]1c2sc(CCCC(=O)OC)nc2C[C@H]1O. The molecular formula is C19H29NO4S. The maximum Gasteiger partial charge on any atom is 0.305 e. The zero-order valence-electron chi connectivity index (χ0n) is 15.1. The van der Waals surface area contributed by atoms with Gasteiger partial charge in [-0.05, 0) is 19.3 Å². The molecule has 3 atom stereocenters. The van der Waals surface area contributed by atoms with Crippen LogP contribution in [0.2, 0.25) is 0 Å². The molecule has 6 heteroatoms. The van der Waals surface area contributed by atoms with Gasteiger partial charge in [-0.1, -0.05) is 38.3 Å². The lowest BCUT2D eigenvalue weighted by Crippen LogP contribution is -2.12. The molecule has 1 heterocycles. The van der Waals surface area contributed by atoms with E-state index >= 15 is 0 Å². The summed E-state index contributed by atoms with van der Waals surface area (Å²) in [5, 5.41) is 21.3. The Morgan fingerprint density at radius 3 is 2.96 bits per heavy atom. The van der Waals surface area contributed by atoms with Gasteiger partial charge in [0.15, 0.2) is 0 Å². The summed E-state index contributed by atoms with van der Waals surface area (Å²) in [4.78, 5) is 16.9. The van der Waals surface area contributed by atoms with Crippen LogP contribution in [0.15, 0.2) is 12.2 Å². The van der Waals surface area contributed by atoms with Crippen molar-refractivity contribution in [1.29, 1.82) is 0 Å². The van der Waals surface area contributed by atoms with E-state index in [2.05, 4.69) is 16.6 Å². The number of rotatable bonds is 10. The predicted molar refractivity (Wildman–Crippen MR) is 98.8 cm³/mol. The van der Waals surface area contributed by atoms with E-state index in [9.17, 15) is 15.0 Å². The Hall–Kier alpha value is -1.24. The third-order valence-electron chi connectivity index (χ3n) is 4.53. The maximum atomic E-state index is 11.2. The number of ether oxygens (including phenoxy) is 1. The third kappa shape index (κ3) is 5.90. The predicted octanol–water partition coefficient (Wildman–Crippen LogP) is 3.14. The molecule has 0 amide bonds. The number of aliphatic hydroxyl groups is 2. The lowest BCUT2D eigenvalue weighted by atomic mass is 10.0. The number of aryl methyl sites for hydroxylation is 1. The van der Waals surface area contributed by atoms with E-state index in [0.29, 0.717) is 12.8 Å². The minimum absolute atomic E-state index is 0.0808. The number of carbonyl (C=O) groups excluding carboxylic acids is 1. The Morgan fingerprint density at radius 1 is 1.44 bits per heavy atom. The second-order valence-corrected chi connectivity index (χ2v) is 7.71. The van der Waals surface area contributed by atoms with Gasteiger partial charge in [0.2, 0.25) is 0 Å². The Bertz CT molecular complexity index is 584. The van der Waals surface area contributed by atoms with E-state index in [4.69, 9.17) is 0 Å². The molecule has 0 radical (unpaired) electrons. The third-order valence-corrected chi connectivity index (χ3v) is 5.79. The minimum atomic E-state index is -0.461. The van der Waals surface area contributed by atoms with Crippen LogP contribution in [0.25, 0.3) is 0 Å². The average Bonchev–Trinajstić information content (AvgIpc) is 3.09. The molecule has 0 aliphatic heterocycles. The van der Waals surface area contributed by atoms with E-state index in [-0.39, 0.29) is 11.9 Å². The summed E-state index contributed by atoms with van der Waals surface area (Å²) in [5.41, 5.74) is 0.959. The first kappa shape index (κ1) is 20.1. The van der Waals surface area contributed by atoms with Crippen molar-refractivity contribution in [2.45, 2.75) is 76.4 Å². The molecule has 2 rings (SSSR count). The van der Waals surface area contributed by atoms with Crippen molar-refractivity contribution in [3.8, 4) is 0 Å². The number of esters is 1. The molecule has 0 fully saturated rings. The van der Waals surface area contributed by atoms with Crippen molar-refractivity contribution >= 4 is 17.3 Å². The molecule has 2 N–H and O–H groups in total. The zero-order chi connectivity index (χ0) is 18.2. The molecule has 1 aromatic rings. The minimum Gasteiger partial charge on any atom is -0.469 e. The molecule has 5 nitrogen and oxygen atoms in total. The number of carbonyl (C=O) groups is 1. The Kier molecular flexibility index (Phi) is 8.06. The van der Waals surface area contributed by atoms with Gasteiger partial charge in [-0.15, -0.1) is 11.3 Å². The highest BCUT2D eigenvalue weighted by Crippen LogP contribution is 2.39. The highest BCUT2D eigenvalue weighted by molar-refractivity contribution is 7.11. The van der Waals surface area contributed by atoms with Gasteiger partial charge in [-0.2, -0.15) is 0 Å². The second kappa shape index (κ2) is 10.0. The number of thiazole rings is 1. The molecule has 0 aromatic carbocycles. The fourth-order valence-electron chi connectivity index (χ4n) is 3.08. The Balaban J connectivity index is 1.91. The largest absolute Gasteiger partial charge is 0.469 e. The normalized spacial score (nSPS) is 20.8. The highest BCUT2D eigenvalue weighted by Gasteiger charge is 2.33. The number of aromatic nitrogens is 1. The Morgan fingerprint density at radius 2 is 2.24 bits per heavy atom. The standard InChI is InChI=1S/C19H29NO4S/c1-3-4-5-7-13(21)10-11-14-16(22)12-15-19(14)25-17(20-15)8-6-9-18(23)24-2/h10-11,13-14,16,21-22H,3-9,12H2,1-2H3/b11-10+/t13?,14-,16+/m0/s1. The molecule has 0 saturated heterocycles. The molecule has 1 aromatic heterocycles. The van der Waals surface area contributed by atoms with Gasteiger partial charge in [-0.25, -0.2) is 4.98 Å². The van der Waals surface area contributed by atoms with Crippen LogP contribution in [0.1, 0.15) is 66.9 Å². The highest BCUT2D eigenvalue weighted by atomic mass is 32.1. The van der Waals surface area contributed by atoms with E-state index in [0.717, 1.165) is 54.1 Å². The first-order valence-corrected chi connectivity index (χ1v) is 9.96. The van der Waals surface area contributed by atoms with Gasteiger partial charge >= 0.3 is 5.97 Å². The lowest BCUT2D eigenvalue weighted by Gasteiger charge is -2.11. The summed E-state index contributed by atoms with van der Waals surface area (Å²) < 4.78 is 4.65. The number of nitrogens with zero attached hydrogens (tertiary/aromatic N) is 1. The van der Waals surface area contributed by atoms with Crippen LogP contribution in [0, 0.1) is 0 Å². The molecule has 0 bridgehead atoms. The van der Waals surface area contributed by atoms with Crippen LogP contribution in [0.3, 0.4) is 0 Å². The zero-order valence-corrected chi connectivity index (χ0v) is 15.9. The number of hydrogen-bond acceptors (Lipinski definition) is 6. The van der Waals surface area contributed by atoms with Crippen molar-refractivity contribution in [3.05, 3.63) is 27.7 Å². The molecule has 25 heavy (non-hydrogen) atoms. The van der Waals surface area contributed by atoms with Crippen LogP contribution in [0.4, 0.5) is 0 Å². The fourth-order valence-corrected chi connectivity index (χ4v) is 4.35. The summed E-state index contributed by atoms with van der Waals surface area (Å²) in [5.74, 6) is -0.278. The topological polar surface area (TPSA) is 79.7 Å².